The summed E-state index contributed by atoms with van der Waals surface area (Å²) in [5.74, 6) is -1.87. The van der Waals surface area contributed by atoms with E-state index in [0.29, 0.717) is 58.3 Å². The number of aryl methyl sites for hydroxylation is 1. The molecule has 87 heavy (non-hydrogen) atoms. The number of fused-ring (bicyclic) bond motifs is 4. The number of nitrogens with one attached hydrogen (secondary N) is 2. The molecule has 462 valence electrons. The fourth-order valence-electron chi connectivity index (χ4n) is 11.0. The summed E-state index contributed by atoms with van der Waals surface area (Å²) in [5, 5.41) is 38.0. The number of esters is 2. The average molecular weight is 1240 g/mol. The molecular weight excluding hydrogens is 1160 g/mol. The Labute approximate surface area is 509 Å². The molecule has 0 saturated carbocycles. The largest absolute Gasteiger partial charge is 0.496 e. The Balaban J connectivity index is 0.720. The molecule has 2 amide bonds. The summed E-state index contributed by atoms with van der Waals surface area (Å²) < 4.78 is 34.6. The number of aliphatic hydroxyl groups is 3. The fraction of sp³-hybridized carbons (Fsp3) is 0.459. The van der Waals surface area contributed by atoms with Gasteiger partial charge in [0.1, 0.15) is 55.2 Å². The summed E-state index contributed by atoms with van der Waals surface area (Å²) in [7, 11) is 5.99. The van der Waals surface area contributed by atoms with Gasteiger partial charge in [0.15, 0.2) is 40.6 Å². The highest BCUT2D eigenvalue weighted by Gasteiger charge is 2.47. The minimum atomic E-state index is -2.11. The van der Waals surface area contributed by atoms with Crippen LogP contribution in [0.15, 0.2) is 72.9 Å². The zero-order valence-electron chi connectivity index (χ0n) is 48.6. The lowest BCUT2D eigenvalue weighted by Crippen LogP contribution is -2.56. The number of carbonyl (C=O) groups is 7. The molecule has 0 spiro atoms. The van der Waals surface area contributed by atoms with Gasteiger partial charge in [-0.3, -0.25) is 24.0 Å². The predicted octanol–water partition coefficient (Wildman–Crippen LogP) is 5.55. The number of amides is 2. The van der Waals surface area contributed by atoms with Crippen molar-refractivity contribution < 1.29 is 77.3 Å². The number of alkyl carbamates (subject to hydrolysis) is 1. The molecule has 3 aromatic carbocycles. The molecule has 5 aromatic rings. The number of nitrogens with two attached hydrogens (primary N) is 1. The van der Waals surface area contributed by atoms with Crippen LogP contribution in [-0.4, -0.2) is 164 Å². The zero-order chi connectivity index (χ0) is 61.9. The number of ether oxygens (including phenoxy) is 6. The van der Waals surface area contributed by atoms with Gasteiger partial charge in [-0.25, -0.2) is 29.5 Å². The smallest absolute Gasteiger partial charge is 0.407 e. The minimum absolute atomic E-state index is 0.0222. The SMILES string of the molecule is COc1cccc2c1C(=O)c1cc3c(cc1C2=O)C[C@@](O)(C(=O)CO)C[C@@H]3O[C@H]1C[C@@H](NC(=O)OCCSSCCOC(=O)CC[C@@H](NC(=O)c2ccc(N(C)Cc3cnc4nc(C)nc(N)c4n3)cc2)C(=O)OC2/C=C/CCCCC2)[C@H](O)[C@H](C)O1. The number of ketones is 3. The monoisotopic (exact) mass is 1230 g/mol. The van der Waals surface area contributed by atoms with Crippen LogP contribution in [0.1, 0.15) is 136 Å². The van der Waals surface area contributed by atoms with E-state index in [4.69, 9.17) is 34.2 Å². The van der Waals surface area contributed by atoms with Crippen molar-refractivity contribution in [3.05, 3.63) is 123 Å². The maximum absolute atomic E-state index is 14.0. The van der Waals surface area contributed by atoms with Gasteiger partial charge < -0.3 is 65.0 Å². The molecule has 9 rings (SSSR count). The van der Waals surface area contributed by atoms with Gasteiger partial charge >= 0.3 is 18.0 Å². The number of carbonyl (C=O) groups excluding carboxylic acids is 7. The summed E-state index contributed by atoms with van der Waals surface area (Å²) in [6, 6.07) is 12.4. The maximum Gasteiger partial charge on any atom is 0.407 e. The molecule has 2 aromatic heterocycles. The first-order valence-electron chi connectivity index (χ1n) is 28.7. The van der Waals surface area contributed by atoms with Gasteiger partial charge in [-0.2, -0.15) is 0 Å². The van der Waals surface area contributed by atoms with E-state index in [0.717, 1.165) is 31.4 Å². The van der Waals surface area contributed by atoms with Crippen LogP contribution in [0.3, 0.4) is 0 Å². The number of methoxy groups -OCH3 is 1. The van der Waals surface area contributed by atoms with E-state index < -0.39 is 96.3 Å². The Kier molecular flexibility index (Phi) is 21.3. The van der Waals surface area contributed by atoms with Gasteiger partial charge in [0.25, 0.3) is 5.91 Å². The van der Waals surface area contributed by atoms with Crippen molar-refractivity contribution in [2.75, 3.05) is 56.1 Å². The molecule has 4 aliphatic rings. The Morgan fingerprint density at radius 1 is 0.954 bits per heavy atom. The topological polar surface area (TPSA) is 340 Å². The third-order valence-corrected chi connectivity index (χ3v) is 17.8. The molecule has 24 nitrogen and oxygen atoms in total. The van der Waals surface area contributed by atoms with Gasteiger partial charge in [-0.1, -0.05) is 46.2 Å². The number of aliphatic hydroxyl groups excluding tert-OH is 2. The number of hydrogen-bond donors (Lipinski definition) is 6. The number of hydrogen-bond acceptors (Lipinski definition) is 24. The first kappa shape index (κ1) is 63.9. The van der Waals surface area contributed by atoms with Crippen LogP contribution in [0.25, 0.3) is 11.2 Å². The minimum Gasteiger partial charge on any atom is -0.496 e. The van der Waals surface area contributed by atoms with Crippen molar-refractivity contribution in [3.8, 4) is 5.75 Å². The quantitative estimate of drug-likeness (QED) is 0.0150. The van der Waals surface area contributed by atoms with Crippen LogP contribution in [-0.2, 0) is 51.0 Å². The van der Waals surface area contributed by atoms with E-state index in [2.05, 4.69) is 30.6 Å². The highest BCUT2D eigenvalue weighted by molar-refractivity contribution is 8.76. The average Bonchev–Trinajstić information content (AvgIpc) is 0.796. The van der Waals surface area contributed by atoms with E-state index >= 15 is 0 Å². The number of nitrogen functional groups attached to an aromatic ring is 1. The summed E-state index contributed by atoms with van der Waals surface area (Å²) in [4.78, 5) is 114. The summed E-state index contributed by atoms with van der Waals surface area (Å²) >= 11 is 0. The molecule has 26 heteroatoms. The van der Waals surface area contributed by atoms with E-state index in [1.807, 2.05) is 24.1 Å². The lowest BCUT2D eigenvalue weighted by atomic mass is 9.73. The first-order valence-corrected chi connectivity index (χ1v) is 31.2. The Bertz CT molecular complexity index is 3430. The lowest BCUT2D eigenvalue weighted by Gasteiger charge is -2.42. The van der Waals surface area contributed by atoms with Crippen LogP contribution in [0.2, 0.25) is 0 Å². The van der Waals surface area contributed by atoms with E-state index in [9.17, 15) is 48.9 Å². The standard InChI is InChI=1S/C61H70N8O16S2/c1-33-53(73)45(27-50(83-33)85-47-29-61(79,48(71)32-70)28-36-25-42-43(26-41(36)47)55(75)51-40(54(42)74)13-10-14-46(51)80-4)68-60(78)82-22-24-87-86-23-21-81-49(72)20-19-44(59(77)84-39-11-8-6-5-7-9-12-39)67-58(76)35-15-17-38(18-16-35)69(3)31-37-30-63-57-52(66-37)56(62)64-34(2)65-57/h8,10-11,13-18,25-26,30,33,39,44-45,47,50,53,70,73,79H,5-7,9,12,19-24,27-29,31-32H2,1-4H3,(H,67,76)(H,68,78)(H2,62,63,64,65)/b11-8+/t33-,39?,44+,45+,47-,50-,53+,61-/m0/s1. The number of allylic oxidation sites excluding steroid dienone is 1. The molecule has 1 unspecified atom stereocenters. The molecule has 1 saturated heterocycles. The number of aromatic nitrogens is 4. The van der Waals surface area contributed by atoms with Gasteiger partial charge in [0.05, 0.1) is 49.4 Å². The normalized spacial score (nSPS) is 22.2. The first-order chi connectivity index (χ1) is 41.8. The molecule has 1 fully saturated rings. The van der Waals surface area contributed by atoms with Crippen LogP contribution in [0, 0.1) is 6.92 Å². The highest BCUT2D eigenvalue weighted by Crippen LogP contribution is 2.44. The van der Waals surface area contributed by atoms with Gasteiger partial charge in [-0.15, -0.1) is 0 Å². The second-order valence-corrected chi connectivity index (χ2v) is 24.4. The van der Waals surface area contributed by atoms with Crippen molar-refractivity contribution in [1.29, 1.82) is 0 Å². The maximum atomic E-state index is 14.0. The molecule has 8 atom stereocenters. The van der Waals surface area contributed by atoms with Gasteiger partial charge in [0, 0.05) is 72.2 Å². The summed E-state index contributed by atoms with van der Waals surface area (Å²) in [6.07, 6.45) is 3.34. The zero-order valence-corrected chi connectivity index (χ0v) is 50.2. The van der Waals surface area contributed by atoms with Gasteiger partial charge in [-0.05, 0) is 106 Å². The van der Waals surface area contributed by atoms with E-state index in [1.165, 1.54) is 46.9 Å². The number of rotatable bonds is 23. The van der Waals surface area contributed by atoms with Crippen molar-refractivity contribution in [2.24, 2.45) is 0 Å². The molecule has 3 aliphatic carbocycles. The van der Waals surface area contributed by atoms with Crippen LogP contribution >= 0.6 is 21.6 Å². The Morgan fingerprint density at radius 3 is 2.47 bits per heavy atom. The molecule has 0 bridgehead atoms. The molecule has 1 aliphatic heterocycles. The molecule has 3 heterocycles. The summed E-state index contributed by atoms with van der Waals surface area (Å²) in [5.41, 5.74) is 7.61. The van der Waals surface area contributed by atoms with Crippen molar-refractivity contribution >= 4 is 85.5 Å². The lowest BCUT2D eigenvalue weighted by molar-refractivity contribution is -0.249. The van der Waals surface area contributed by atoms with Gasteiger partial charge in [0.2, 0.25) is 0 Å². The van der Waals surface area contributed by atoms with Crippen molar-refractivity contribution in [3.63, 3.8) is 0 Å². The molecule has 7 N–H and O–H groups in total. The third kappa shape index (κ3) is 15.6. The van der Waals surface area contributed by atoms with Crippen LogP contribution < -0.4 is 26.0 Å². The van der Waals surface area contributed by atoms with Crippen LogP contribution in [0.4, 0.5) is 16.3 Å². The third-order valence-electron chi connectivity index (χ3n) is 15.5. The molecular formula is C61H70N8O16S2. The van der Waals surface area contributed by atoms with Crippen molar-refractivity contribution in [1.82, 2.24) is 30.6 Å². The van der Waals surface area contributed by atoms with Crippen LogP contribution in [0.5, 0.6) is 5.75 Å². The fourth-order valence-corrected chi connectivity index (χ4v) is 12.6. The number of benzene rings is 3. The number of anilines is 2. The molecule has 0 radical (unpaired) electrons. The van der Waals surface area contributed by atoms with E-state index in [-0.39, 0.29) is 84.7 Å². The second kappa shape index (κ2) is 28.9. The van der Waals surface area contributed by atoms with E-state index in [1.54, 1.807) is 56.4 Å². The Hall–Kier alpha value is -7.59. The Morgan fingerprint density at radius 2 is 1.71 bits per heavy atom. The number of Topliss-reactive ketones (excluding diaryl/α,β-unsaturated/α-hetero) is 1. The highest BCUT2D eigenvalue weighted by atomic mass is 33.1. The number of nitrogens with zero attached hydrogens (tertiary/aromatic N) is 5. The predicted molar refractivity (Wildman–Crippen MR) is 320 cm³/mol. The summed E-state index contributed by atoms with van der Waals surface area (Å²) in [6.45, 7) is 2.72. The second-order valence-electron chi connectivity index (χ2n) is 21.7. The van der Waals surface area contributed by atoms with Crippen molar-refractivity contribution in [2.45, 2.75) is 133 Å².